The number of aromatic nitrogens is 3. The van der Waals surface area contributed by atoms with Gasteiger partial charge in [-0.25, -0.2) is 4.68 Å². The monoisotopic (exact) mass is 296 g/mol. The van der Waals surface area contributed by atoms with Crippen LogP contribution in [0, 0.1) is 0 Å². The van der Waals surface area contributed by atoms with Crippen LogP contribution < -0.4 is 5.32 Å². The van der Waals surface area contributed by atoms with E-state index in [2.05, 4.69) is 15.6 Å². The fourth-order valence-corrected chi connectivity index (χ4v) is 2.10. The molecule has 0 unspecified atom stereocenters. The van der Waals surface area contributed by atoms with Crippen LogP contribution in [0.1, 0.15) is 22.1 Å². The molecule has 0 radical (unpaired) electrons. The van der Waals surface area contributed by atoms with Crippen molar-refractivity contribution in [3.05, 3.63) is 45.7 Å². The molecule has 1 N–H and O–H groups in total. The molecule has 1 aromatic heterocycles. The van der Waals surface area contributed by atoms with Crippen LogP contribution in [0.3, 0.4) is 0 Å². The van der Waals surface area contributed by atoms with Crippen LogP contribution >= 0.6 is 23.2 Å². The lowest BCUT2D eigenvalue weighted by Gasteiger charge is -2.26. The van der Waals surface area contributed by atoms with Crippen LogP contribution in [0.15, 0.2) is 24.4 Å². The molecule has 0 bridgehead atoms. The Morgan fingerprint density at radius 1 is 1.32 bits per heavy atom. The second kappa shape index (κ2) is 4.92. The van der Waals surface area contributed by atoms with E-state index in [1.165, 1.54) is 6.07 Å². The predicted octanol–water partition coefficient (Wildman–Crippen LogP) is 1.96. The van der Waals surface area contributed by atoms with E-state index < -0.39 is 0 Å². The number of ketones is 1. The smallest absolute Gasteiger partial charge is 0.214 e. The summed E-state index contributed by atoms with van der Waals surface area (Å²) in [6.45, 7) is 1.70. The number of nitrogens with one attached hydrogen (secondary N) is 1. The van der Waals surface area contributed by atoms with Crippen LogP contribution in [0.4, 0.5) is 0 Å². The van der Waals surface area contributed by atoms with Crippen molar-refractivity contribution in [3.8, 4) is 0 Å². The molecule has 0 aliphatic carbocycles. The van der Waals surface area contributed by atoms with Crippen molar-refractivity contribution in [3.63, 3.8) is 0 Å². The zero-order valence-corrected chi connectivity index (χ0v) is 11.3. The largest absolute Gasteiger partial charge is 0.312 e. The van der Waals surface area contributed by atoms with Crippen LogP contribution in [-0.2, 0) is 0 Å². The highest BCUT2D eigenvalue weighted by molar-refractivity contribution is 6.42. The van der Waals surface area contributed by atoms with Crippen molar-refractivity contribution in [2.45, 2.75) is 6.04 Å². The summed E-state index contributed by atoms with van der Waals surface area (Å²) in [5, 5.41) is 11.8. The minimum atomic E-state index is -0.211. The van der Waals surface area contributed by atoms with Crippen molar-refractivity contribution in [1.82, 2.24) is 20.3 Å². The number of benzene rings is 1. The van der Waals surface area contributed by atoms with Crippen LogP contribution in [0.5, 0.6) is 0 Å². The van der Waals surface area contributed by atoms with E-state index in [0.717, 1.165) is 13.1 Å². The van der Waals surface area contributed by atoms with E-state index in [1.54, 1.807) is 23.0 Å². The normalized spacial score (nSPS) is 15.3. The fourth-order valence-electron chi connectivity index (χ4n) is 1.80. The lowest BCUT2D eigenvalue weighted by molar-refractivity contribution is 0.103. The summed E-state index contributed by atoms with van der Waals surface area (Å²) >= 11 is 11.7. The minimum Gasteiger partial charge on any atom is -0.312 e. The first kappa shape index (κ1) is 12.6. The number of halogens is 2. The lowest BCUT2D eigenvalue weighted by atomic mass is 10.1. The van der Waals surface area contributed by atoms with Gasteiger partial charge in [0.15, 0.2) is 5.69 Å². The third-order valence-corrected chi connectivity index (χ3v) is 3.80. The number of hydrogen-bond acceptors (Lipinski definition) is 4. The molecule has 2 aromatic rings. The Kier molecular flexibility index (Phi) is 3.26. The highest BCUT2D eigenvalue weighted by Crippen LogP contribution is 2.23. The predicted molar refractivity (Wildman–Crippen MR) is 71.8 cm³/mol. The quantitative estimate of drug-likeness (QED) is 0.880. The third-order valence-electron chi connectivity index (χ3n) is 3.06. The molecule has 0 saturated carbocycles. The molecule has 0 spiro atoms. The van der Waals surface area contributed by atoms with E-state index in [-0.39, 0.29) is 11.8 Å². The number of hydrogen-bond donors (Lipinski definition) is 1. The second-order valence-corrected chi connectivity index (χ2v) is 5.17. The highest BCUT2D eigenvalue weighted by atomic mass is 35.5. The van der Waals surface area contributed by atoms with Crippen LogP contribution in [0.25, 0.3) is 0 Å². The average Bonchev–Trinajstić information content (AvgIpc) is 2.79. The van der Waals surface area contributed by atoms with Gasteiger partial charge in [-0.1, -0.05) is 28.4 Å². The summed E-state index contributed by atoms with van der Waals surface area (Å²) in [6, 6.07) is 5.04. The van der Waals surface area contributed by atoms with Gasteiger partial charge < -0.3 is 5.32 Å². The third kappa shape index (κ3) is 2.36. The Hall–Kier alpha value is -1.43. The van der Waals surface area contributed by atoms with Crippen molar-refractivity contribution in [2.75, 3.05) is 13.1 Å². The standard InChI is InChI=1S/C12H10Cl2N4O/c13-9-2-1-7(3-10(9)14)12(19)11-6-18(17-16-11)8-4-15-5-8/h1-3,6,8,15H,4-5H2. The summed E-state index contributed by atoms with van der Waals surface area (Å²) < 4.78 is 1.71. The topological polar surface area (TPSA) is 59.8 Å². The minimum absolute atomic E-state index is 0.211. The van der Waals surface area contributed by atoms with Gasteiger partial charge in [0, 0.05) is 18.7 Å². The Bertz CT molecular complexity index is 636. The molecule has 0 amide bonds. The molecular formula is C12H10Cl2N4O. The molecule has 7 heteroatoms. The Morgan fingerprint density at radius 3 is 2.74 bits per heavy atom. The summed E-state index contributed by atoms with van der Waals surface area (Å²) in [5.41, 5.74) is 0.762. The SMILES string of the molecule is O=C(c1ccc(Cl)c(Cl)c1)c1cn(C2CNC2)nn1. The summed E-state index contributed by atoms with van der Waals surface area (Å²) in [6.07, 6.45) is 1.66. The fraction of sp³-hybridized carbons (Fsp3) is 0.250. The summed E-state index contributed by atoms with van der Waals surface area (Å²) in [4.78, 5) is 12.2. The van der Waals surface area contributed by atoms with Crippen molar-refractivity contribution >= 4 is 29.0 Å². The van der Waals surface area contributed by atoms with E-state index in [4.69, 9.17) is 23.2 Å². The van der Waals surface area contributed by atoms with Gasteiger partial charge in [-0.2, -0.15) is 0 Å². The molecule has 5 nitrogen and oxygen atoms in total. The molecule has 19 heavy (non-hydrogen) atoms. The lowest BCUT2D eigenvalue weighted by Crippen LogP contribution is -2.43. The second-order valence-electron chi connectivity index (χ2n) is 4.35. The molecular weight excluding hydrogens is 287 g/mol. The first-order valence-electron chi connectivity index (χ1n) is 5.77. The van der Waals surface area contributed by atoms with Crippen LogP contribution in [-0.4, -0.2) is 33.9 Å². The van der Waals surface area contributed by atoms with Crippen molar-refractivity contribution < 1.29 is 4.79 Å². The molecule has 2 heterocycles. The van der Waals surface area contributed by atoms with Crippen molar-refractivity contribution in [2.24, 2.45) is 0 Å². The van der Waals surface area contributed by atoms with Crippen molar-refractivity contribution in [1.29, 1.82) is 0 Å². The maximum atomic E-state index is 12.2. The highest BCUT2D eigenvalue weighted by Gasteiger charge is 2.22. The van der Waals surface area contributed by atoms with E-state index in [9.17, 15) is 4.79 Å². The van der Waals surface area contributed by atoms with Gasteiger partial charge in [-0.05, 0) is 18.2 Å². The van der Waals surface area contributed by atoms with E-state index in [0.29, 0.717) is 21.3 Å². The number of rotatable bonds is 3. The maximum absolute atomic E-state index is 12.2. The molecule has 1 aromatic carbocycles. The van der Waals surface area contributed by atoms with Gasteiger partial charge in [0.05, 0.1) is 22.3 Å². The first-order valence-corrected chi connectivity index (χ1v) is 6.53. The van der Waals surface area contributed by atoms with Crippen LogP contribution in [0.2, 0.25) is 10.0 Å². The number of carbonyl (C=O) groups excluding carboxylic acids is 1. The van der Waals surface area contributed by atoms with E-state index in [1.807, 2.05) is 0 Å². The maximum Gasteiger partial charge on any atom is 0.214 e. The molecule has 1 aliphatic heterocycles. The Labute approximate surface area is 119 Å². The Morgan fingerprint density at radius 2 is 2.11 bits per heavy atom. The van der Waals surface area contributed by atoms with Gasteiger partial charge in [0.25, 0.3) is 0 Å². The summed E-state index contributed by atoms with van der Waals surface area (Å²) in [7, 11) is 0. The molecule has 1 fully saturated rings. The number of nitrogens with zero attached hydrogens (tertiary/aromatic N) is 3. The number of carbonyl (C=O) groups is 1. The molecule has 1 saturated heterocycles. The van der Waals surface area contributed by atoms with E-state index >= 15 is 0 Å². The molecule has 0 atom stereocenters. The average molecular weight is 297 g/mol. The Balaban J connectivity index is 1.86. The summed E-state index contributed by atoms with van der Waals surface area (Å²) in [5.74, 6) is -0.211. The van der Waals surface area contributed by atoms with Gasteiger partial charge in [0.2, 0.25) is 5.78 Å². The van der Waals surface area contributed by atoms with Gasteiger partial charge in [0.1, 0.15) is 0 Å². The molecule has 98 valence electrons. The first-order chi connectivity index (χ1) is 9.15. The van der Waals surface area contributed by atoms with Gasteiger partial charge in [-0.3, -0.25) is 4.79 Å². The zero-order valence-electron chi connectivity index (χ0n) is 9.81. The zero-order chi connectivity index (χ0) is 13.4. The molecule has 3 rings (SSSR count). The van der Waals surface area contributed by atoms with Gasteiger partial charge >= 0.3 is 0 Å². The molecule has 1 aliphatic rings. The van der Waals surface area contributed by atoms with Gasteiger partial charge in [-0.15, -0.1) is 5.10 Å².